The molecule has 0 unspecified atom stereocenters. The molecule has 26 heavy (non-hydrogen) atoms. The molecule has 0 aliphatic rings. The minimum atomic E-state index is -0.257. The highest BCUT2D eigenvalue weighted by Crippen LogP contribution is 2.31. The van der Waals surface area contributed by atoms with E-state index < -0.39 is 0 Å². The van der Waals surface area contributed by atoms with Crippen molar-refractivity contribution in [2.75, 3.05) is 13.7 Å². The van der Waals surface area contributed by atoms with E-state index in [1.54, 1.807) is 19.2 Å². The van der Waals surface area contributed by atoms with Crippen LogP contribution in [0.3, 0.4) is 0 Å². The minimum absolute atomic E-state index is 0.257. The lowest BCUT2D eigenvalue weighted by Gasteiger charge is -2.15. The molecule has 0 amide bonds. The summed E-state index contributed by atoms with van der Waals surface area (Å²) in [5.41, 5.74) is 4.86. The predicted molar refractivity (Wildman–Crippen MR) is 106 cm³/mol. The Morgan fingerprint density at radius 3 is 2.50 bits per heavy atom. The maximum Gasteiger partial charge on any atom is 0.131 e. The highest BCUT2D eigenvalue weighted by atomic mass is 19.1. The second kappa shape index (κ2) is 9.54. The lowest BCUT2D eigenvalue weighted by atomic mass is 9.94. The van der Waals surface area contributed by atoms with Crippen molar-refractivity contribution in [2.24, 2.45) is 5.92 Å². The minimum Gasteiger partial charge on any atom is -0.497 e. The fourth-order valence-corrected chi connectivity index (χ4v) is 2.86. The summed E-state index contributed by atoms with van der Waals surface area (Å²) < 4.78 is 25.6. The van der Waals surface area contributed by atoms with Crippen LogP contribution in [0.25, 0.3) is 11.1 Å². The molecular formula is C23H29FO2. The Morgan fingerprint density at radius 2 is 1.85 bits per heavy atom. The van der Waals surface area contributed by atoms with Gasteiger partial charge in [0, 0.05) is 5.56 Å². The van der Waals surface area contributed by atoms with E-state index in [0.29, 0.717) is 30.4 Å². The van der Waals surface area contributed by atoms with Crippen molar-refractivity contribution in [3.8, 4) is 16.9 Å². The Kier molecular flexibility index (Phi) is 7.40. The number of benzene rings is 2. The van der Waals surface area contributed by atoms with Crippen LogP contribution in [0.2, 0.25) is 0 Å². The molecule has 0 aliphatic carbocycles. The zero-order valence-corrected chi connectivity index (χ0v) is 16.4. The van der Waals surface area contributed by atoms with Crippen LogP contribution in [0.15, 0.2) is 48.0 Å². The summed E-state index contributed by atoms with van der Waals surface area (Å²) in [6.45, 7) is 9.48. The van der Waals surface area contributed by atoms with Gasteiger partial charge in [0.2, 0.25) is 0 Å². The number of rotatable bonds is 8. The van der Waals surface area contributed by atoms with E-state index in [-0.39, 0.29) is 5.82 Å². The third-order valence-corrected chi connectivity index (χ3v) is 4.14. The van der Waals surface area contributed by atoms with Crippen molar-refractivity contribution in [3.05, 3.63) is 65.0 Å². The first kappa shape index (κ1) is 20.2. The molecule has 2 aromatic carbocycles. The average Bonchev–Trinajstić information content (AvgIpc) is 2.59. The standard InChI is InChI=1S/C23H29FO2/c1-16(2)10-11-26-15-19-13-18(12-17(3)4)6-8-21(19)22-14-20(25-5)7-9-23(22)24/h6-10,13-14,17H,11-12,15H2,1-5H3. The molecule has 0 aromatic heterocycles. The highest BCUT2D eigenvalue weighted by Gasteiger charge is 2.13. The van der Waals surface area contributed by atoms with E-state index in [9.17, 15) is 4.39 Å². The second-order valence-corrected chi connectivity index (χ2v) is 7.23. The lowest BCUT2D eigenvalue weighted by Crippen LogP contribution is -2.01. The zero-order chi connectivity index (χ0) is 19.1. The zero-order valence-electron chi connectivity index (χ0n) is 16.4. The fraction of sp³-hybridized carbons (Fsp3) is 0.391. The number of hydrogen-bond donors (Lipinski definition) is 0. The molecule has 3 heteroatoms. The van der Waals surface area contributed by atoms with Gasteiger partial charge in [0.25, 0.3) is 0 Å². The predicted octanol–water partition coefficient (Wildman–Crippen LogP) is 6.18. The van der Waals surface area contributed by atoms with Crippen molar-refractivity contribution in [3.63, 3.8) is 0 Å². The van der Waals surface area contributed by atoms with Crippen LogP contribution in [0.4, 0.5) is 4.39 Å². The Hall–Kier alpha value is -2.13. The van der Waals surface area contributed by atoms with Gasteiger partial charge < -0.3 is 9.47 Å². The fourth-order valence-electron chi connectivity index (χ4n) is 2.86. The third kappa shape index (κ3) is 5.70. The first-order valence-corrected chi connectivity index (χ1v) is 9.07. The molecule has 2 aromatic rings. The van der Waals surface area contributed by atoms with Crippen LogP contribution in [0.5, 0.6) is 5.75 Å². The monoisotopic (exact) mass is 356 g/mol. The molecule has 0 bridgehead atoms. The van der Waals surface area contributed by atoms with E-state index in [1.807, 2.05) is 26.0 Å². The number of hydrogen-bond acceptors (Lipinski definition) is 2. The number of allylic oxidation sites excluding steroid dienone is 1. The molecule has 0 fully saturated rings. The quantitative estimate of drug-likeness (QED) is 0.415. The maximum absolute atomic E-state index is 14.5. The van der Waals surface area contributed by atoms with E-state index in [0.717, 1.165) is 17.5 Å². The summed E-state index contributed by atoms with van der Waals surface area (Å²) in [6.07, 6.45) is 3.03. The number of methoxy groups -OCH3 is 1. The molecule has 0 atom stereocenters. The van der Waals surface area contributed by atoms with Crippen LogP contribution in [0, 0.1) is 11.7 Å². The van der Waals surface area contributed by atoms with Crippen molar-refractivity contribution in [1.29, 1.82) is 0 Å². The highest BCUT2D eigenvalue weighted by molar-refractivity contribution is 5.70. The van der Waals surface area contributed by atoms with Crippen LogP contribution in [-0.4, -0.2) is 13.7 Å². The third-order valence-electron chi connectivity index (χ3n) is 4.14. The molecule has 0 radical (unpaired) electrons. The van der Waals surface area contributed by atoms with Gasteiger partial charge in [-0.05, 0) is 61.1 Å². The van der Waals surface area contributed by atoms with Crippen molar-refractivity contribution in [1.82, 2.24) is 0 Å². The Bertz CT molecular complexity index is 759. The lowest BCUT2D eigenvalue weighted by molar-refractivity contribution is 0.148. The van der Waals surface area contributed by atoms with Gasteiger partial charge in [-0.2, -0.15) is 0 Å². The smallest absolute Gasteiger partial charge is 0.131 e. The number of halogens is 1. The molecule has 140 valence electrons. The van der Waals surface area contributed by atoms with Gasteiger partial charge in [0.05, 0.1) is 20.3 Å². The summed E-state index contributed by atoms with van der Waals surface area (Å²) in [5.74, 6) is 0.950. The Labute approximate surface area is 156 Å². The SMILES string of the molecule is COc1ccc(F)c(-c2ccc(CC(C)C)cc2COCC=C(C)C)c1. The van der Waals surface area contributed by atoms with Gasteiger partial charge in [0.1, 0.15) is 11.6 Å². The Morgan fingerprint density at radius 1 is 1.08 bits per heavy atom. The summed E-state index contributed by atoms with van der Waals surface area (Å²) in [4.78, 5) is 0. The second-order valence-electron chi connectivity index (χ2n) is 7.23. The van der Waals surface area contributed by atoms with E-state index >= 15 is 0 Å². The van der Waals surface area contributed by atoms with Gasteiger partial charge in [-0.25, -0.2) is 4.39 Å². The van der Waals surface area contributed by atoms with Crippen molar-refractivity contribution < 1.29 is 13.9 Å². The Balaban J connectivity index is 2.38. The van der Waals surface area contributed by atoms with Gasteiger partial charge in [-0.1, -0.05) is 43.7 Å². The molecule has 0 spiro atoms. The molecule has 0 saturated carbocycles. The molecule has 2 nitrogen and oxygen atoms in total. The summed E-state index contributed by atoms with van der Waals surface area (Å²) in [5, 5.41) is 0. The molecule has 0 saturated heterocycles. The first-order valence-electron chi connectivity index (χ1n) is 9.07. The van der Waals surface area contributed by atoms with E-state index in [4.69, 9.17) is 9.47 Å². The van der Waals surface area contributed by atoms with Gasteiger partial charge in [0.15, 0.2) is 0 Å². The molecule has 0 N–H and O–H groups in total. The molecule has 0 aliphatic heterocycles. The molecule has 0 heterocycles. The van der Waals surface area contributed by atoms with Gasteiger partial charge in [-0.3, -0.25) is 0 Å². The largest absolute Gasteiger partial charge is 0.497 e. The van der Waals surface area contributed by atoms with E-state index in [1.165, 1.54) is 17.2 Å². The normalized spacial score (nSPS) is 10.9. The van der Waals surface area contributed by atoms with Gasteiger partial charge >= 0.3 is 0 Å². The number of ether oxygens (including phenoxy) is 2. The summed E-state index contributed by atoms with van der Waals surface area (Å²) in [6, 6.07) is 11.0. The van der Waals surface area contributed by atoms with Crippen molar-refractivity contribution in [2.45, 2.75) is 40.7 Å². The first-order chi connectivity index (χ1) is 12.4. The van der Waals surface area contributed by atoms with Crippen LogP contribution in [0.1, 0.15) is 38.8 Å². The van der Waals surface area contributed by atoms with E-state index in [2.05, 4.69) is 26.0 Å². The topological polar surface area (TPSA) is 18.5 Å². The van der Waals surface area contributed by atoms with Crippen LogP contribution >= 0.6 is 0 Å². The average molecular weight is 356 g/mol. The van der Waals surface area contributed by atoms with Crippen molar-refractivity contribution >= 4 is 0 Å². The summed E-state index contributed by atoms with van der Waals surface area (Å²) >= 11 is 0. The van der Waals surface area contributed by atoms with Gasteiger partial charge in [-0.15, -0.1) is 0 Å². The molecule has 2 rings (SSSR count). The van der Waals surface area contributed by atoms with Crippen LogP contribution in [-0.2, 0) is 17.8 Å². The molecular weight excluding hydrogens is 327 g/mol. The van der Waals surface area contributed by atoms with Crippen LogP contribution < -0.4 is 4.74 Å². The summed E-state index contributed by atoms with van der Waals surface area (Å²) in [7, 11) is 1.59. The maximum atomic E-state index is 14.5.